The first-order chi connectivity index (χ1) is 6.70. The molecule has 14 heavy (non-hydrogen) atoms. The maximum absolute atomic E-state index is 3.86. The summed E-state index contributed by atoms with van der Waals surface area (Å²) in [4.78, 5) is 2.19. The largest absolute Gasteiger partial charge is 0.311 e. The van der Waals surface area contributed by atoms with Crippen molar-refractivity contribution in [2.45, 2.75) is 13.0 Å². The molecule has 0 atom stereocenters. The molecule has 1 rings (SSSR count). The molecule has 1 N–H and O–H groups in total. The number of aryl methyl sites for hydroxylation is 1. The summed E-state index contributed by atoms with van der Waals surface area (Å²) in [6.45, 7) is 3.00. The van der Waals surface area contributed by atoms with E-state index in [-0.39, 0.29) is 0 Å². The lowest BCUT2D eigenvalue weighted by atomic mass is 10.4. The molecule has 0 bridgehead atoms. The highest BCUT2D eigenvalue weighted by Crippen LogP contribution is 1.91. The van der Waals surface area contributed by atoms with E-state index in [1.807, 2.05) is 7.05 Å². The van der Waals surface area contributed by atoms with E-state index in [0.717, 1.165) is 31.7 Å². The number of nitrogens with one attached hydrogen (secondary N) is 1. The lowest BCUT2D eigenvalue weighted by molar-refractivity contribution is 0.393. The summed E-state index contributed by atoms with van der Waals surface area (Å²) in [5.74, 6) is 0. The van der Waals surface area contributed by atoms with E-state index in [4.69, 9.17) is 0 Å². The fourth-order valence-electron chi connectivity index (χ4n) is 1.21. The van der Waals surface area contributed by atoms with Crippen LogP contribution in [-0.2, 0) is 13.6 Å². The molecule has 0 spiro atoms. The minimum absolute atomic E-state index is 0.844. The maximum atomic E-state index is 3.86. The second-order valence-corrected chi connectivity index (χ2v) is 3.68. The molecule has 1 aromatic heterocycles. The Morgan fingerprint density at radius 3 is 2.86 bits per heavy atom. The molecule has 0 amide bonds. The zero-order valence-electron chi connectivity index (χ0n) is 9.19. The monoisotopic (exact) mass is 197 g/mol. The van der Waals surface area contributed by atoms with Gasteiger partial charge in [-0.1, -0.05) is 5.21 Å². The van der Waals surface area contributed by atoms with E-state index >= 15 is 0 Å². The normalized spacial score (nSPS) is 11.1. The van der Waals surface area contributed by atoms with Crippen LogP contribution in [0.25, 0.3) is 0 Å². The third-order valence-corrected chi connectivity index (χ3v) is 2.07. The van der Waals surface area contributed by atoms with E-state index in [1.54, 1.807) is 10.9 Å². The SMILES string of the molecule is CN(C)CCCNCc1cnnn1C. The first kappa shape index (κ1) is 11.1. The van der Waals surface area contributed by atoms with Gasteiger partial charge >= 0.3 is 0 Å². The van der Waals surface area contributed by atoms with Crippen LogP contribution in [0.5, 0.6) is 0 Å². The van der Waals surface area contributed by atoms with Gasteiger partial charge in [-0.2, -0.15) is 0 Å². The van der Waals surface area contributed by atoms with E-state index in [9.17, 15) is 0 Å². The number of nitrogens with zero attached hydrogens (tertiary/aromatic N) is 4. The Hall–Kier alpha value is -0.940. The highest BCUT2D eigenvalue weighted by atomic mass is 15.4. The van der Waals surface area contributed by atoms with Crippen molar-refractivity contribution in [1.29, 1.82) is 0 Å². The van der Waals surface area contributed by atoms with Gasteiger partial charge in [-0.15, -0.1) is 5.10 Å². The van der Waals surface area contributed by atoms with Crippen molar-refractivity contribution in [1.82, 2.24) is 25.2 Å². The van der Waals surface area contributed by atoms with Crippen LogP contribution < -0.4 is 5.32 Å². The van der Waals surface area contributed by atoms with Crippen LogP contribution in [0.4, 0.5) is 0 Å². The zero-order chi connectivity index (χ0) is 10.4. The van der Waals surface area contributed by atoms with Crippen LogP contribution in [0, 0.1) is 0 Å². The molecule has 0 unspecified atom stereocenters. The van der Waals surface area contributed by atoms with E-state index in [0.29, 0.717) is 0 Å². The topological polar surface area (TPSA) is 46.0 Å². The zero-order valence-corrected chi connectivity index (χ0v) is 9.19. The van der Waals surface area contributed by atoms with Crippen molar-refractivity contribution in [3.63, 3.8) is 0 Å². The Morgan fingerprint density at radius 1 is 1.50 bits per heavy atom. The molecule has 0 saturated carbocycles. The van der Waals surface area contributed by atoms with Crippen molar-refractivity contribution >= 4 is 0 Å². The molecule has 80 valence electrons. The van der Waals surface area contributed by atoms with Gasteiger partial charge in [-0.25, -0.2) is 0 Å². The van der Waals surface area contributed by atoms with Crippen LogP contribution in [-0.4, -0.2) is 47.1 Å². The minimum atomic E-state index is 0.844. The fraction of sp³-hybridized carbons (Fsp3) is 0.778. The van der Waals surface area contributed by atoms with Crippen LogP contribution in [0.15, 0.2) is 6.20 Å². The minimum Gasteiger partial charge on any atom is -0.311 e. The molecule has 0 radical (unpaired) electrons. The van der Waals surface area contributed by atoms with Crippen LogP contribution in [0.3, 0.4) is 0 Å². The molecule has 0 saturated heterocycles. The molecular weight excluding hydrogens is 178 g/mol. The van der Waals surface area contributed by atoms with Crippen molar-refractivity contribution in [3.05, 3.63) is 11.9 Å². The Kier molecular flexibility index (Phi) is 4.55. The predicted octanol–water partition coefficient (Wildman–Crippen LogP) is -0.144. The second kappa shape index (κ2) is 5.72. The molecule has 1 aromatic rings. The molecule has 1 heterocycles. The summed E-state index contributed by atoms with van der Waals surface area (Å²) in [7, 11) is 6.08. The lowest BCUT2D eigenvalue weighted by Gasteiger charge is -2.09. The van der Waals surface area contributed by atoms with Gasteiger partial charge < -0.3 is 10.2 Å². The standard InChI is InChI=1S/C9H19N5/c1-13(2)6-4-5-10-7-9-8-11-12-14(9)3/h8,10H,4-7H2,1-3H3. The molecule has 5 nitrogen and oxygen atoms in total. The Bertz CT molecular complexity index is 255. The summed E-state index contributed by atoms with van der Waals surface area (Å²) in [5.41, 5.74) is 1.12. The number of rotatable bonds is 6. The van der Waals surface area contributed by atoms with E-state index in [1.165, 1.54) is 0 Å². The van der Waals surface area contributed by atoms with Crippen molar-refractivity contribution in [2.75, 3.05) is 27.2 Å². The summed E-state index contributed by atoms with van der Waals surface area (Å²) >= 11 is 0. The van der Waals surface area contributed by atoms with E-state index < -0.39 is 0 Å². The average molecular weight is 197 g/mol. The fourth-order valence-corrected chi connectivity index (χ4v) is 1.21. The second-order valence-electron chi connectivity index (χ2n) is 3.68. The molecule has 5 heteroatoms. The van der Waals surface area contributed by atoms with Gasteiger partial charge in [0.25, 0.3) is 0 Å². The highest BCUT2D eigenvalue weighted by Gasteiger charge is 1.98. The van der Waals surface area contributed by atoms with Crippen molar-refractivity contribution < 1.29 is 0 Å². The first-order valence-corrected chi connectivity index (χ1v) is 4.89. The number of hydrogen-bond acceptors (Lipinski definition) is 4. The smallest absolute Gasteiger partial charge is 0.0738 e. The van der Waals surface area contributed by atoms with Gasteiger partial charge in [0.1, 0.15) is 0 Å². The Morgan fingerprint density at radius 2 is 2.29 bits per heavy atom. The molecular formula is C9H19N5. The van der Waals surface area contributed by atoms with Crippen LogP contribution in [0.1, 0.15) is 12.1 Å². The van der Waals surface area contributed by atoms with Crippen molar-refractivity contribution in [3.8, 4) is 0 Å². The number of aromatic nitrogens is 3. The summed E-state index contributed by atoms with van der Waals surface area (Å²) in [5, 5.41) is 11.0. The van der Waals surface area contributed by atoms with Gasteiger partial charge in [0.2, 0.25) is 0 Å². The summed E-state index contributed by atoms with van der Waals surface area (Å²) in [6.07, 6.45) is 2.96. The van der Waals surface area contributed by atoms with Crippen molar-refractivity contribution in [2.24, 2.45) is 7.05 Å². The quantitative estimate of drug-likeness (QED) is 0.645. The Labute approximate surface area is 85.1 Å². The highest BCUT2D eigenvalue weighted by molar-refractivity contribution is 4.91. The summed E-state index contributed by atoms with van der Waals surface area (Å²) < 4.78 is 1.79. The third kappa shape index (κ3) is 3.85. The first-order valence-electron chi connectivity index (χ1n) is 4.89. The average Bonchev–Trinajstić information content (AvgIpc) is 2.51. The molecule has 0 aliphatic rings. The molecule has 0 fully saturated rings. The predicted molar refractivity (Wildman–Crippen MR) is 55.9 cm³/mol. The van der Waals surface area contributed by atoms with Crippen LogP contribution in [0.2, 0.25) is 0 Å². The van der Waals surface area contributed by atoms with Crippen LogP contribution >= 0.6 is 0 Å². The maximum Gasteiger partial charge on any atom is 0.0738 e. The molecule has 0 aliphatic heterocycles. The lowest BCUT2D eigenvalue weighted by Crippen LogP contribution is -2.21. The molecule has 0 aromatic carbocycles. The number of hydrogen-bond donors (Lipinski definition) is 1. The van der Waals surface area contributed by atoms with Gasteiger partial charge in [0.05, 0.1) is 11.9 Å². The van der Waals surface area contributed by atoms with Gasteiger partial charge in [-0.3, -0.25) is 4.68 Å². The van der Waals surface area contributed by atoms with Gasteiger partial charge in [0.15, 0.2) is 0 Å². The van der Waals surface area contributed by atoms with Gasteiger partial charge in [0, 0.05) is 13.6 Å². The molecule has 0 aliphatic carbocycles. The van der Waals surface area contributed by atoms with Gasteiger partial charge in [-0.05, 0) is 33.6 Å². The Balaban J connectivity index is 2.08. The van der Waals surface area contributed by atoms with E-state index in [2.05, 4.69) is 34.6 Å². The summed E-state index contributed by atoms with van der Waals surface area (Å²) in [6, 6.07) is 0. The third-order valence-electron chi connectivity index (χ3n) is 2.07.